The highest BCUT2D eigenvalue weighted by Gasteiger charge is 2.31. The van der Waals surface area contributed by atoms with Crippen molar-refractivity contribution in [1.29, 1.82) is 0 Å². The summed E-state index contributed by atoms with van der Waals surface area (Å²) in [6.07, 6.45) is 5.10. The van der Waals surface area contributed by atoms with E-state index < -0.39 is 0 Å². The molecule has 3 heteroatoms. The lowest BCUT2D eigenvalue weighted by molar-refractivity contribution is -0.150. The number of esters is 1. The first-order valence-corrected chi connectivity index (χ1v) is 6.14. The van der Waals surface area contributed by atoms with E-state index in [-0.39, 0.29) is 11.9 Å². The molecule has 15 heavy (non-hydrogen) atoms. The van der Waals surface area contributed by atoms with E-state index in [1.165, 1.54) is 25.7 Å². The lowest BCUT2D eigenvalue weighted by atomic mass is 9.98. The number of rotatable bonds is 3. The van der Waals surface area contributed by atoms with Crippen LogP contribution in [0.3, 0.4) is 0 Å². The predicted molar refractivity (Wildman–Crippen MR) is 58.4 cm³/mol. The lowest BCUT2D eigenvalue weighted by Crippen LogP contribution is -2.25. The fraction of sp³-hybridized carbons (Fsp3) is 0.917. The van der Waals surface area contributed by atoms with Crippen LogP contribution in [0.1, 0.15) is 32.6 Å². The molecule has 0 spiro atoms. The number of carbonyl (C=O) groups is 1. The van der Waals surface area contributed by atoms with Crippen molar-refractivity contribution in [1.82, 2.24) is 5.32 Å². The van der Waals surface area contributed by atoms with E-state index in [1.54, 1.807) is 0 Å². The molecule has 1 aliphatic heterocycles. The van der Waals surface area contributed by atoms with Gasteiger partial charge in [-0.2, -0.15) is 0 Å². The zero-order valence-corrected chi connectivity index (χ0v) is 9.50. The minimum atomic E-state index is 0.0133. The Balaban J connectivity index is 1.71. The highest BCUT2D eigenvalue weighted by molar-refractivity contribution is 5.73. The standard InChI is InChI=1S/C12H21NO2/c1-9-6-13-7-11(9)12(14)15-8-10-4-2-3-5-10/h9-11,13H,2-8H2,1H3. The number of hydrogen-bond donors (Lipinski definition) is 1. The SMILES string of the molecule is CC1CNCC1C(=O)OCC1CCCC1. The number of nitrogens with one attached hydrogen (secondary N) is 1. The Labute approximate surface area is 91.6 Å². The van der Waals surface area contributed by atoms with Crippen LogP contribution in [0.2, 0.25) is 0 Å². The maximum Gasteiger partial charge on any atom is 0.310 e. The lowest BCUT2D eigenvalue weighted by Gasteiger charge is -2.15. The molecule has 2 fully saturated rings. The van der Waals surface area contributed by atoms with Crippen molar-refractivity contribution in [2.75, 3.05) is 19.7 Å². The van der Waals surface area contributed by atoms with Crippen molar-refractivity contribution < 1.29 is 9.53 Å². The minimum Gasteiger partial charge on any atom is -0.465 e. The summed E-state index contributed by atoms with van der Waals surface area (Å²) in [6.45, 7) is 4.51. The molecule has 0 radical (unpaired) electrons. The van der Waals surface area contributed by atoms with Crippen molar-refractivity contribution in [3.8, 4) is 0 Å². The largest absolute Gasteiger partial charge is 0.465 e. The first kappa shape index (κ1) is 10.9. The minimum absolute atomic E-state index is 0.0133. The summed E-state index contributed by atoms with van der Waals surface area (Å²) in [6, 6.07) is 0. The Morgan fingerprint density at radius 3 is 2.67 bits per heavy atom. The van der Waals surface area contributed by atoms with Gasteiger partial charge in [0.05, 0.1) is 12.5 Å². The van der Waals surface area contributed by atoms with E-state index >= 15 is 0 Å². The molecule has 0 aromatic carbocycles. The second kappa shape index (κ2) is 4.97. The van der Waals surface area contributed by atoms with E-state index in [9.17, 15) is 4.79 Å². The highest BCUT2D eigenvalue weighted by atomic mass is 16.5. The molecule has 2 rings (SSSR count). The topological polar surface area (TPSA) is 38.3 Å². The summed E-state index contributed by atoms with van der Waals surface area (Å²) >= 11 is 0. The summed E-state index contributed by atoms with van der Waals surface area (Å²) < 4.78 is 5.40. The molecule has 1 saturated carbocycles. The fourth-order valence-electron chi connectivity index (χ4n) is 2.61. The van der Waals surface area contributed by atoms with Crippen LogP contribution in [0.5, 0.6) is 0 Å². The van der Waals surface area contributed by atoms with Crippen LogP contribution in [-0.4, -0.2) is 25.7 Å². The summed E-state index contributed by atoms with van der Waals surface area (Å²) in [5.41, 5.74) is 0. The van der Waals surface area contributed by atoms with Crippen molar-refractivity contribution in [3.05, 3.63) is 0 Å². The van der Waals surface area contributed by atoms with Gasteiger partial charge in [0.1, 0.15) is 0 Å². The van der Waals surface area contributed by atoms with Crippen LogP contribution < -0.4 is 5.32 Å². The normalized spacial score (nSPS) is 32.1. The Kier molecular flexibility index (Phi) is 3.62. The van der Waals surface area contributed by atoms with Crippen molar-refractivity contribution >= 4 is 5.97 Å². The van der Waals surface area contributed by atoms with Gasteiger partial charge in [0.25, 0.3) is 0 Å². The predicted octanol–water partition coefficient (Wildman–Crippen LogP) is 1.58. The average molecular weight is 211 g/mol. The van der Waals surface area contributed by atoms with Gasteiger partial charge in [-0.3, -0.25) is 4.79 Å². The Morgan fingerprint density at radius 1 is 1.33 bits per heavy atom. The first-order valence-electron chi connectivity index (χ1n) is 6.14. The van der Waals surface area contributed by atoms with Gasteiger partial charge in [-0.05, 0) is 31.2 Å². The van der Waals surface area contributed by atoms with Crippen LogP contribution in [-0.2, 0) is 9.53 Å². The molecular weight excluding hydrogens is 190 g/mol. The van der Waals surface area contributed by atoms with E-state index in [2.05, 4.69) is 12.2 Å². The third-order valence-electron chi connectivity index (χ3n) is 3.76. The van der Waals surface area contributed by atoms with Gasteiger partial charge in [0, 0.05) is 6.54 Å². The molecule has 2 aliphatic rings. The van der Waals surface area contributed by atoms with E-state index in [1.807, 2.05) is 0 Å². The van der Waals surface area contributed by atoms with Gasteiger partial charge in [0.15, 0.2) is 0 Å². The second-order valence-electron chi connectivity index (χ2n) is 5.02. The summed E-state index contributed by atoms with van der Waals surface area (Å²) in [5.74, 6) is 1.17. The van der Waals surface area contributed by atoms with E-state index in [0.29, 0.717) is 18.4 Å². The van der Waals surface area contributed by atoms with Gasteiger partial charge in [-0.15, -0.1) is 0 Å². The summed E-state index contributed by atoms with van der Waals surface area (Å²) in [4.78, 5) is 11.8. The molecule has 1 saturated heterocycles. The fourth-order valence-corrected chi connectivity index (χ4v) is 2.61. The van der Waals surface area contributed by atoms with Crippen LogP contribution in [0.25, 0.3) is 0 Å². The zero-order chi connectivity index (χ0) is 10.7. The van der Waals surface area contributed by atoms with Gasteiger partial charge in [0.2, 0.25) is 0 Å². The molecule has 0 aromatic rings. The quantitative estimate of drug-likeness (QED) is 0.720. The van der Waals surface area contributed by atoms with Crippen LogP contribution in [0, 0.1) is 17.8 Å². The molecule has 0 amide bonds. The molecule has 0 aromatic heterocycles. The maximum atomic E-state index is 11.8. The number of ether oxygens (including phenoxy) is 1. The third kappa shape index (κ3) is 2.71. The van der Waals surface area contributed by atoms with Crippen LogP contribution in [0.4, 0.5) is 0 Å². The molecule has 1 heterocycles. The highest BCUT2D eigenvalue weighted by Crippen LogP contribution is 2.25. The van der Waals surface area contributed by atoms with E-state index in [0.717, 1.165) is 13.1 Å². The zero-order valence-electron chi connectivity index (χ0n) is 9.50. The molecule has 1 N–H and O–H groups in total. The smallest absolute Gasteiger partial charge is 0.310 e. The Morgan fingerprint density at radius 2 is 2.07 bits per heavy atom. The average Bonchev–Trinajstić information content (AvgIpc) is 2.84. The van der Waals surface area contributed by atoms with Gasteiger partial charge in [-0.25, -0.2) is 0 Å². The third-order valence-corrected chi connectivity index (χ3v) is 3.76. The van der Waals surface area contributed by atoms with Crippen LogP contribution in [0.15, 0.2) is 0 Å². The van der Waals surface area contributed by atoms with Crippen molar-refractivity contribution in [3.63, 3.8) is 0 Å². The maximum absolute atomic E-state index is 11.8. The number of carbonyl (C=O) groups excluding carboxylic acids is 1. The molecule has 2 atom stereocenters. The van der Waals surface area contributed by atoms with Crippen molar-refractivity contribution in [2.24, 2.45) is 17.8 Å². The first-order chi connectivity index (χ1) is 7.27. The summed E-state index contributed by atoms with van der Waals surface area (Å²) in [7, 11) is 0. The van der Waals surface area contributed by atoms with Crippen molar-refractivity contribution in [2.45, 2.75) is 32.6 Å². The molecule has 3 nitrogen and oxygen atoms in total. The molecular formula is C12H21NO2. The van der Waals surface area contributed by atoms with Gasteiger partial charge in [-0.1, -0.05) is 19.8 Å². The molecule has 2 unspecified atom stereocenters. The monoisotopic (exact) mass is 211 g/mol. The van der Waals surface area contributed by atoms with Gasteiger partial charge < -0.3 is 10.1 Å². The second-order valence-corrected chi connectivity index (χ2v) is 5.02. The Bertz CT molecular complexity index is 224. The van der Waals surface area contributed by atoms with Crippen LogP contribution >= 0.6 is 0 Å². The molecule has 1 aliphatic carbocycles. The van der Waals surface area contributed by atoms with E-state index in [4.69, 9.17) is 4.74 Å². The van der Waals surface area contributed by atoms with Gasteiger partial charge >= 0.3 is 5.97 Å². The number of hydrogen-bond acceptors (Lipinski definition) is 3. The summed E-state index contributed by atoms with van der Waals surface area (Å²) in [5, 5.41) is 3.23. The Hall–Kier alpha value is -0.570. The molecule has 86 valence electrons. The molecule has 0 bridgehead atoms.